The summed E-state index contributed by atoms with van der Waals surface area (Å²) < 4.78 is 7.23. The molecule has 0 bridgehead atoms. The maximum atomic E-state index is 5.28. The standard InChI is InChI=1S/C45H27N5S/c1-4-16-28(17-5-1)43-46-44(29-18-6-2-7-19-29)48-45(47-43)50-35-26-14-11-23-32(35)37-38-31-22-10-13-25-34(31)49(30-20-8-3-9-21-30)41(38)42-39(40(37)50)33-24-12-15-27-36(33)51-42/h1-27H. The number of rotatable bonds is 4. The summed E-state index contributed by atoms with van der Waals surface area (Å²) in [6, 6.07) is 57.5. The van der Waals surface area contributed by atoms with Crippen molar-refractivity contribution in [3.63, 3.8) is 0 Å². The fourth-order valence-corrected chi connectivity index (χ4v) is 9.08. The van der Waals surface area contributed by atoms with E-state index in [2.05, 4.69) is 137 Å². The van der Waals surface area contributed by atoms with Gasteiger partial charge in [-0.1, -0.05) is 133 Å². The molecule has 0 saturated heterocycles. The number of fused-ring (bicyclic) bond motifs is 12. The molecular formula is C45H27N5S. The Balaban J connectivity index is 1.40. The van der Waals surface area contributed by atoms with Gasteiger partial charge >= 0.3 is 0 Å². The van der Waals surface area contributed by atoms with Crippen LogP contribution in [-0.4, -0.2) is 24.1 Å². The lowest BCUT2D eigenvalue weighted by Gasteiger charge is -2.12. The van der Waals surface area contributed by atoms with Crippen LogP contribution in [-0.2, 0) is 0 Å². The molecule has 7 aromatic carbocycles. The lowest BCUT2D eigenvalue weighted by atomic mass is 10.0. The average molecular weight is 670 g/mol. The number of para-hydroxylation sites is 3. The summed E-state index contributed by atoms with van der Waals surface area (Å²) in [4.78, 5) is 15.6. The van der Waals surface area contributed by atoms with Gasteiger partial charge < -0.3 is 4.57 Å². The van der Waals surface area contributed by atoms with E-state index in [1.807, 2.05) is 47.7 Å². The van der Waals surface area contributed by atoms with E-state index in [-0.39, 0.29) is 0 Å². The van der Waals surface area contributed by atoms with E-state index in [9.17, 15) is 0 Å². The molecule has 0 aliphatic heterocycles. The van der Waals surface area contributed by atoms with E-state index in [0.29, 0.717) is 17.6 Å². The number of benzene rings is 7. The molecule has 0 amide bonds. The Kier molecular flexibility index (Phi) is 6.05. The van der Waals surface area contributed by atoms with Crippen LogP contribution in [0.3, 0.4) is 0 Å². The number of nitrogens with zero attached hydrogens (tertiary/aromatic N) is 5. The van der Waals surface area contributed by atoms with E-state index < -0.39 is 0 Å². The number of aromatic nitrogens is 5. The molecule has 0 saturated carbocycles. The molecule has 11 rings (SSSR count). The largest absolute Gasteiger partial charge is 0.308 e. The van der Waals surface area contributed by atoms with Crippen molar-refractivity contribution in [1.82, 2.24) is 24.1 Å². The highest BCUT2D eigenvalue weighted by atomic mass is 32.1. The molecular weight excluding hydrogens is 643 g/mol. The zero-order valence-electron chi connectivity index (χ0n) is 27.2. The first-order valence-electron chi connectivity index (χ1n) is 17.1. The zero-order chi connectivity index (χ0) is 33.5. The minimum absolute atomic E-state index is 0.594. The molecule has 0 unspecified atom stereocenters. The minimum Gasteiger partial charge on any atom is -0.308 e. The quantitative estimate of drug-likeness (QED) is 0.187. The summed E-state index contributed by atoms with van der Waals surface area (Å²) in [5.74, 6) is 1.87. The molecule has 0 spiro atoms. The summed E-state index contributed by atoms with van der Waals surface area (Å²) in [6.07, 6.45) is 0. The molecule has 11 aromatic rings. The van der Waals surface area contributed by atoms with E-state index in [0.717, 1.165) is 33.2 Å². The van der Waals surface area contributed by atoms with Crippen molar-refractivity contribution in [2.24, 2.45) is 0 Å². The Bertz CT molecular complexity index is 3060. The Hall–Kier alpha value is -6.63. The van der Waals surface area contributed by atoms with Gasteiger partial charge in [0.1, 0.15) is 0 Å². The highest BCUT2D eigenvalue weighted by molar-refractivity contribution is 7.27. The third-order valence-corrected chi connectivity index (χ3v) is 11.1. The van der Waals surface area contributed by atoms with Gasteiger partial charge in [0.05, 0.1) is 26.8 Å². The lowest BCUT2D eigenvalue weighted by Crippen LogP contribution is -2.06. The van der Waals surface area contributed by atoms with Crippen molar-refractivity contribution in [1.29, 1.82) is 0 Å². The van der Waals surface area contributed by atoms with E-state index in [1.54, 1.807) is 0 Å². The molecule has 0 atom stereocenters. The maximum Gasteiger partial charge on any atom is 0.238 e. The van der Waals surface area contributed by atoms with Gasteiger partial charge in [-0.05, 0) is 30.3 Å². The SMILES string of the molecule is c1ccc(-c2nc(-c3ccccc3)nc(-n3c4ccccc4c4c5c6ccccc6n(-c6ccccc6)c5c5sc6ccccc6c5c43)n2)cc1. The first kappa shape index (κ1) is 28.2. The molecule has 4 heterocycles. The van der Waals surface area contributed by atoms with Gasteiger partial charge in [-0.2, -0.15) is 9.97 Å². The summed E-state index contributed by atoms with van der Waals surface area (Å²) in [5, 5.41) is 7.24. The number of thiophene rings is 1. The van der Waals surface area contributed by atoms with Gasteiger partial charge in [0.2, 0.25) is 5.95 Å². The van der Waals surface area contributed by atoms with E-state index in [4.69, 9.17) is 15.0 Å². The minimum atomic E-state index is 0.594. The van der Waals surface area contributed by atoms with Crippen LogP contribution in [0.4, 0.5) is 0 Å². The molecule has 0 aliphatic rings. The molecule has 0 N–H and O–H groups in total. The Morgan fingerprint density at radius 1 is 0.392 bits per heavy atom. The van der Waals surface area contributed by atoms with Gasteiger partial charge in [-0.25, -0.2) is 4.98 Å². The number of hydrogen-bond donors (Lipinski definition) is 0. The Labute approximate surface area is 296 Å². The second-order valence-corrected chi connectivity index (χ2v) is 13.9. The van der Waals surface area contributed by atoms with Crippen LogP contribution in [0.1, 0.15) is 0 Å². The third kappa shape index (κ3) is 4.11. The molecule has 6 heteroatoms. The van der Waals surface area contributed by atoms with E-state index >= 15 is 0 Å². The second kappa shape index (κ2) is 10.9. The predicted octanol–water partition coefficient (Wildman–Crippen LogP) is 11.8. The maximum absolute atomic E-state index is 5.28. The van der Waals surface area contributed by atoms with Crippen molar-refractivity contribution in [2.75, 3.05) is 0 Å². The normalized spacial score (nSPS) is 11.9. The van der Waals surface area contributed by atoms with Crippen molar-refractivity contribution >= 4 is 75.1 Å². The predicted molar refractivity (Wildman–Crippen MR) is 212 cm³/mol. The summed E-state index contributed by atoms with van der Waals surface area (Å²) in [6.45, 7) is 0. The van der Waals surface area contributed by atoms with Crippen LogP contribution in [0, 0.1) is 0 Å². The molecule has 238 valence electrons. The van der Waals surface area contributed by atoms with Crippen LogP contribution in [0.25, 0.3) is 98.2 Å². The van der Waals surface area contributed by atoms with Crippen LogP contribution < -0.4 is 0 Å². The van der Waals surface area contributed by atoms with Gasteiger partial charge in [0, 0.05) is 53.8 Å². The summed E-state index contributed by atoms with van der Waals surface area (Å²) in [7, 11) is 0. The van der Waals surface area contributed by atoms with Crippen LogP contribution in [0.15, 0.2) is 164 Å². The van der Waals surface area contributed by atoms with Crippen LogP contribution in [0.5, 0.6) is 0 Å². The monoisotopic (exact) mass is 669 g/mol. The second-order valence-electron chi connectivity index (χ2n) is 12.8. The molecule has 0 aliphatic carbocycles. The molecule has 0 fully saturated rings. The Morgan fingerprint density at radius 2 is 0.882 bits per heavy atom. The van der Waals surface area contributed by atoms with E-state index in [1.165, 1.54) is 47.4 Å². The third-order valence-electron chi connectivity index (χ3n) is 9.95. The summed E-state index contributed by atoms with van der Waals surface area (Å²) in [5.41, 5.74) is 7.59. The van der Waals surface area contributed by atoms with Crippen molar-refractivity contribution < 1.29 is 0 Å². The molecule has 51 heavy (non-hydrogen) atoms. The fraction of sp³-hybridized carbons (Fsp3) is 0. The molecule has 4 aromatic heterocycles. The van der Waals surface area contributed by atoms with Gasteiger partial charge in [0.15, 0.2) is 11.6 Å². The first-order chi connectivity index (χ1) is 25.3. The first-order valence-corrected chi connectivity index (χ1v) is 17.9. The summed E-state index contributed by atoms with van der Waals surface area (Å²) >= 11 is 1.86. The number of hydrogen-bond acceptors (Lipinski definition) is 4. The average Bonchev–Trinajstić information content (AvgIpc) is 3.87. The van der Waals surface area contributed by atoms with Crippen LogP contribution >= 0.6 is 11.3 Å². The highest BCUT2D eigenvalue weighted by Crippen LogP contribution is 2.50. The lowest BCUT2D eigenvalue weighted by molar-refractivity contribution is 0.955. The topological polar surface area (TPSA) is 48.5 Å². The van der Waals surface area contributed by atoms with Gasteiger partial charge in [-0.15, -0.1) is 11.3 Å². The van der Waals surface area contributed by atoms with Crippen molar-refractivity contribution in [2.45, 2.75) is 0 Å². The fourth-order valence-electron chi connectivity index (χ4n) is 7.84. The smallest absolute Gasteiger partial charge is 0.238 e. The van der Waals surface area contributed by atoms with Crippen LogP contribution in [0.2, 0.25) is 0 Å². The van der Waals surface area contributed by atoms with Gasteiger partial charge in [0.25, 0.3) is 0 Å². The van der Waals surface area contributed by atoms with Crippen molar-refractivity contribution in [3.05, 3.63) is 164 Å². The van der Waals surface area contributed by atoms with Gasteiger partial charge in [-0.3, -0.25) is 4.57 Å². The molecule has 0 radical (unpaired) electrons. The Morgan fingerprint density at radius 3 is 1.51 bits per heavy atom. The molecule has 5 nitrogen and oxygen atoms in total. The highest BCUT2D eigenvalue weighted by Gasteiger charge is 2.27. The van der Waals surface area contributed by atoms with Crippen molar-refractivity contribution in [3.8, 4) is 34.4 Å². The zero-order valence-corrected chi connectivity index (χ0v) is 28.0.